The van der Waals surface area contributed by atoms with Gasteiger partial charge in [0.25, 0.3) is 5.91 Å². The molecule has 2 aromatic rings. The van der Waals surface area contributed by atoms with Gasteiger partial charge in [0.2, 0.25) is 0 Å². The van der Waals surface area contributed by atoms with E-state index in [9.17, 15) is 9.59 Å². The molecule has 0 unspecified atom stereocenters. The highest BCUT2D eigenvalue weighted by Crippen LogP contribution is 2.16. The van der Waals surface area contributed by atoms with Crippen LogP contribution in [-0.4, -0.2) is 33.4 Å². The highest BCUT2D eigenvalue weighted by atomic mass is 35.5. The highest BCUT2D eigenvalue weighted by molar-refractivity contribution is 6.29. The Labute approximate surface area is 126 Å². The van der Waals surface area contributed by atoms with Gasteiger partial charge < -0.3 is 14.4 Å². The van der Waals surface area contributed by atoms with Gasteiger partial charge >= 0.3 is 5.97 Å². The molecule has 7 heteroatoms. The molecule has 0 radical (unpaired) electrons. The van der Waals surface area contributed by atoms with E-state index in [1.807, 2.05) is 6.07 Å². The van der Waals surface area contributed by atoms with Crippen LogP contribution in [0, 0.1) is 0 Å². The number of furan rings is 1. The van der Waals surface area contributed by atoms with Crippen molar-refractivity contribution in [3.05, 3.63) is 53.2 Å². The van der Waals surface area contributed by atoms with E-state index >= 15 is 0 Å². The normalized spacial score (nSPS) is 10.3. The van der Waals surface area contributed by atoms with Crippen molar-refractivity contribution in [3.8, 4) is 0 Å². The zero-order chi connectivity index (χ0) is 15.2. The summed E-state index contributed by atoms with van der Waals surface area (Å²) in [6, 6.07) is 6.48. The summed E-state index contributed by atoms with van der Waals surface area (Å²) in [4.78, 5) is 28.4. The van der Waals surface area contributed by atoms with Crippen LogP contribution in [0.4, 0.5) is 0 Å². The fourth-order valence-electron chi connectivity index (χ4n) is 1.78. The van der Waals surface area contributed by atoms with Crippen molar-refractivity contribution in [1.82, 2.24) is 9.88 Å². The van der Waals surface area contributed by atoms with Crippen molar-refractivity contribution in [3.63, 3.8) is 0 Å². The lowest BCUT2D eigenvalue weighted by molar-refractivity contribution is -0.137. The van der Waals surface area contributed by atoms with Crippen LogP contribution in [0.25, 0.3) is 0 Å². The Balaban J connectivity index is 2.14. The molecule has 0 fully saturated rings. The van der Waals surface area contributed by atoms with Crippen LogP contribution in [0.15, 0.2) is 41.1 Å². The molecule has 0 atom stereocenters. The molecule has 1 N–H and O–H groups in total. The number of carbonyl (C=O) groups is 2. The Bertz CT molecular complexity index is 627. The average molecular weight is 309 g/mol. The summed E-state index contributed by atoms with van der Waals surface area (Å²) in [6.07, 6.45) is 3.09. The van der Waals surface area contributed by atoms with E-state index in [4.69, 9.17) is 21.1 Å². The minimum atomic E-state index is -0.975. The van der Waals surface area contributed by atoms with Gasteiger partial charge in [-0.25, -0.2) is 0 Å². The van der Waals surface area contributed by atoms with Crippen LogP contribution in [0.1, 0.15) is 22.5 Å². The molecule has 0 aliphatic heterocycles. The van der Waals surface area contributed by atoms with Crippen molar-refractivity contribution in [2.45, 2.75) is 13.0 Å². The maximum Gasteiger partial charge on any atom is 0.305 e. The van der Waals surface area contributed by atoms with Gasteiger partial charge in [0.05, 0.1) is 6.42 Å². The number of aliphatic carboxylic acids is 1. The molecule has 0 bridgehead atoms. The number of hydrogen-bond acceptors (Lipinski definition) is 4. The number of pyridine rings is 1. The average Bonchev–Trinajstić information content (AvgIpc) is 2.90. The number of carbonyl (C=O) groups excluding carboxylic acids is 1. The SMILES string of the molecule is O=C(O)CCN(Cc1cccnc1)C(=O)c1ccc(Cl)o1. The number of amides is 1. The van der Waals surface area contributed by atoms with Gasteiger partial charge in [0, 0.05) is 25.5 Å². The molecule has 2 rings (SSSR count). The minimum Gasteiger partial charge on any atom is -0.481 e. The van der Waals surface area contributed by atoms with Gasteiger partial charge in [-0.15, -0.1) is 0 Å². The molecule has 6 nitrogen and oxygen atoms in total. The zero-order valence-corrected chi connectivity index (χ0v) is 11.8. The van der Waals surface area contributed by atoms with Gasteiger partial charge in [-0.3, -0.25) is 14.6 Å². The van der Waals surface area contributed by atoms with Gasteiger partial charge in [0.15, 0.2) is 11.0 Å². The molecule has 0 aliphatic carbocycles. The Morgan fingerprint density at radius 2 is 2.14 bits per heavy atom. The first kappa shape index (κ1) is 15.1. The highest BCUT2D eigenvalue weighted by Gasteiger charge is 2.20. The largest absolute Gasteiger partial charge is 0.481 e. The van der Waals surface area contributed by atoms with Crippen molar-refractivity contribution >= 4 is 23.5 Å². The number of aromatic nitrogens is 1. The van der Waals surface area contributed by atoms with E-state index in [0.717, 1.165) is 5.56 Å². The predicted octanol–water partition coefficient (Wildman–Crippen LogP) is 2.45. The lowest BCUT2D eigenvalue weighted by Crippen LogP contribution is -2.32. The molecule has 110 valence electrons. The fraction of sp³-hybridized carbons (Fsp3) is 0.214. The van der Waals surface area contributed by atoms with E-state index in [2.05, 4.69) is 4.98 Å². The Kier molecular flexibility index (Phi) is 4.94. The second-order valence-electron chi connectivity index (χ2n) is 4.34. The van der Waals surface area contributed by atoms with Crippen molar-refractivity contribution in [1.29, 1.82) is 0 Å². The van der Waals surface area contributed by atoms with E-state index in [-0.39, 0.29) is 30.5 Å². The Hall–Kier alpha value is -2.34. The molecule has 2 aromatic heterocycles. The van der Waals surface area contributed by atoms with E-state index < -0.39 is 11.9 Å². The molecular weight excluding hydrogens is 296 g/mol. The van der Waals surface area contributed by atoms with Crippen LogP contribution in [0.2, 0.25) is 5.22 Å². The van der Waals surface area contributed by atoms with Crippen molar-refractivity contribution in [2.75, 3.05) is 6.54 Å². The number of halogens is 1. The Morgan fingerprint density at radius 1 is 1.33 bits per heavy atom. The molecule has 0 saturated heterocycles. The fourth-order valence-corrected chi connectivity index (χ4v) is 1.93. The molecule has 0 aliphatic rings. The van der Waals surface area contributed by atoms with Crippen molar-refractivity contribution < 1.29 is 19.1 Å². The maximum absolute atomic E-state index is 12.3. The smallest absolute Gasteiger partial charge is 0.305 e. The number of nitrogens with zero attached hydrogens (tertiary/aromatic N) is 2. The molecule has 2 heterocycles. The first-order valence-electron chi connectivity index (χ1n) is 6.21. The van der Waals surface area contributed by atoms with Crippen LogP contribution in [0.5, 0.6) is 0 Å². The van der Waals surface area contributed by atoms with Crippen LogP contribution in [-0.2, 0) is 11.3 Å². The standard InChI is InChI=1S/C14H13ClN2O4/c15-12-4-3-11(21-12)14(20)17(7-5-13(18)19)9-10-2-1-6-16-8-10/h1-4,6,8H,5,7,9H2,(H,18,19). The predicted molar refractivity (Wildman–Crippen MR) is 74.9 cm³/mol. The summed E-state index contributed by atoms with van der Waals surface area (Å²) in [5, 5.41) is 8.90. The summed E-state index contributed by atoms with van der Waals surface area (Å²) < 4.78 is 5.08. The van der Waals surface area contributed by atoms with Gasteiger partial charge in [-0.1, -0.05) is 6.07 Å². The molecular formula is C14H13ClN2O4. The van der Waals surface area contributed by atoms with E-state index in [0.29, 0.717) is 0 Å². The summed E-state index contributed by atoms with van der Waals surface area (Å²) in [7, 11) is 0. The van der Waals surface area contributed by atoms with Crippen molar-refractivity contribution in [2.24, 2.45) is 0 Å². The van der Waals surface area contributed by atoms with Gasteiger partial charge in [-0.05, 0) is 35.4 Å². The first-order chi connectivity index (χ1) is 10.1. The summed E-state index contributed by atoms with van der Waals surface area (Å²) in [5.74, 6) is -1.31. The summed E-state index contributed by atoms with van der Waals surface area (Å²) in [6.45, 7) is 0.319. The molecule has 0 spiro atoms. The second kappa shape index (κ2) is 6.90. The topological polar surface area (TPSA) is 83.6 Å². The lowest BCUT2D eigenvalue weighted by atomic mass is 10.2. The lowest BCUT2D eigenvalue weighted by Gasteiger charge is -2.20. The monoisotopic (exact) mass is 308 g/mol. The Morgan fingerprint density at radius 3 is 2.71 bits per heavy atom. The third-order valence-corrected chi connectivity index (χ3v) is 2.97. The second-order valence-corrected chi connectivity index (χ2v) is 4.71. The number of carboxylic acid groups (broad SMARTS) is 1. The van der Waals surface area contributed by atoms with Gasteiger partial charge in [-0.2, -0.15) is 0 Å². The zero-order valence-electron chi connectivity index (χ0n) is 11.0. The van der Waals surface area contributed by atoms with E-state index in [1.165, 1.54) is 17.0 Å². The van der Waals surface area contributed by atoms with Crippen LogP contribution >= 0.6 is 11.6 Å². The maximum atomic E-state index is 12.3. The summed E-state index contributed by atoms with van der Waals surface area (Å²) in [5.41, 5.74) is 0.800. The molecule has 21 heavy (non-hydrogen) atoms. The minimum absolute atomic E-state index is 0.0708. The number of hydrogen-bond donors (Lipinski definition) is 1. The van der Waals surface area contributed by atoms with Crippen LogP contribution < -0.4 is 0 Å². The number of carboxylic acids is 1. The molecule has 0 saturated carbocycles. The quantitative estimate of drug-likeness (QED) is 0.886. The molecule has 0 aromatic carbocycles. The summed E-state index contributed by atoms with van der Waals surface area (Å²) >= 11 is 5.66. The van der Waals surface area contributed by atoms with Gasteiger partial charge in [0.1, 0.15) is 0 Å². The third-order valence-electron chi connectivity index (χ3n) is 2.76. The van der Waals surface area contributed by atoms with Crippen LogP contribution in [0.3, 0.4) is 0 Å². The molecule has 1 amide bonds. The first-order valence-corrected chi connectivity index (χ1v) is 6.59. The third kappa shape index (κ3) is 4.32. The number of rotatable bonds is 6. The van der Waals surface area contributed by atoms with E-state index in [1.54, 1.807) is 18.5 Å².